The molecule has 1 aromatic heterocycles. The van der Waals surface area contributed by atoms with Crippen molar-refractivity contribution < 1.29 is 18.7 Å². The van der Waals surface area contributed by atoms with Gasteiger partial charge in [0.15, 0.2) is 0 Å². The second kappa shape index (κ2) is 12.2. The van der Waals surface area contributed by atoms with Crippen LogP contribution in [0.1, 0.15) is 32.1 Å². The van der Waals surface area contributed by atoms with Crippen LogP contribution in [-0.4, -0.2) is 28.2 Å². The molecular formula is C26H21ClFN5O3S. The Morgan fingerprint density at radius 3 is 2.68 bits per heavy atom. The maximum atomic E-state index is 13.1. The first-order valence-corrected chi connectivity index (χ1v) is 12.2. The summed E-state index contributed by atoms with van der Waals surface area (Å²) in [5.74, 6) is -0.547. The molecule has 11 heteroatoms. The lowest BCUT2D eigenvalue weighted by Crippen LogP contribution is -2.19. The highest BCUT2D eigenvalue weighted by molar-refractivity contribution is 7.15. The van der Waals surface area contributed by atoms with Crippen molar-refractivity contribution in [2.24, 2.45) is 5.10 Å². The SMILES string of the molecule is Cc1ccccc1C(=O)Nc1nnc(CC(=O)NN=Cc2cc(Cl)ccc2OCc2ccc(F)cc2)s1. The van der Waals surface area contributed by atoms with Crippen LogP contribution in [0.2, 0.25) is 5.02 Å². The number of aryl methyl sites for hydroxylation is 1. The zero-order valence-electron chi connectivity index (χ0n) is 19.6. The molecule has 37 heavy (non-hydrogen) atoms. The quantitative estimate of drug-likeness (QED) is 0.226. The number of hydrazone groups is 1. The molecule has 0 aliphatic heterocycles. The molecule has 0 unspecified atom stereocenters. The predicted octanol–water partition coefficient (Wildman–Crippen LogP) is 5.16. The number of carbonyl (C=O) groups excluding carboxylic acids is 2. The normalized spacial score (nSPS) is 10.9. The Balaban J connectivity index is 1.32. The van der Waals surface area contributed by atoms with E-state index in [1.807, 2.05) is 19.1 Å². The Morgan fingerprint density at radius 2 is 1.89 bits per heavy atom. The van der Waals surface area contributed by atoms with Gasteiger partial charge >= 0.3 is 0 Å². The predicted molar refractivity (Wildman–Crippen MR) is 141 cm³/mol. The fourth-order valence-electron chi connectivity index (χ4n) is 3.21. The Morgan fingerprint density at radius 1 is 1.11 bits per heavy atom. The fraction of sp³-hybridized carbons (Fsp3) is 0.115. The third-order valence-electron chi connectivity index (χ3n) is 5.06. The van der Waals surface area contributed by atoms with E-state index in [2.05, 4.69) is 26.0 Å². The molecule has 3 aromatic carbocycles. The third-order valence-corrected chi connectivity index (χ3v) is 6.13. The Labute approximate surface area is 221 Å². The van der Waals surface area contributed by atoms with Crippen molar-refractivity contribution in [1.29, 1.82) is 0 Å². The molecule has 0 aliphatic carbocycles. The summed E-state index contributed by atoms with van der Waals surface area (Å²) in [6.45, 7) is 2.06. The summed E-state index contributed by atoms with van der Waals surface area (Å²) in [6, 6.07) is 18.2. The summed E-state index contributed by atoms with van der Waals surface area (Å²) in [4.78, 5) is 24.8. The zero-order valence-corrected chi connectivity index (χ0v) is 21.1. The number of nitrogens with zero attached hydrogens (tertiary/aromatic N) is 3. The number of ether oxygens (including phenoxy) is 1. The lowest BCUT2D eigenvalue weighted by molar-refractivity contribution is -0.120. The van der Waals surface area contributed by atoms with E-state index in [4.69, 9.17) is 16.3 Å². The first-order chi connectivity index (χ1) is 17.9. The van der Waals surface area contributed by atoms with Gasteiger partial charge in [-0.25, -0.2) is 9.82 Å². The van der Waals surface area contributed by atoms with Gasteiger partial charge < -0.3 is 4.74 Å². The smallest absolute Gasteiger partial charge is 0.257 e. The number of rotatable bonds is 9. The van der Waals surface area contributed by atoms with Gasteiger partial charge in [0.2, 0.25) is 11.0 Å². The highest BCUT2D eigenvalue weighted by atomic mass is 35.5. The molecule has 0 bridgehead atoms. The molecule has 0 radical (unpaired) electrons. The van der Waals surface area contributed by atoms with Crippen molar-refractivity contribution in [3.63, 3.8) is 0 Å². The Hall–Kier alpha value is -4.15. The van der Waals surface area contributed by atoms with E-state index in [0.29, 0.717) is 32.0 Å². The molecule has 2 amide bonds. The largest absolute Gasteiger partial charge is 0.488 e. The minimum atomic E-state index is -0.417. The highest BCUT2D eigenvalue weighted by Crippen LogP contribution is 2.23. The van der Waals surface area contributed by atoms with E-state index in [1.165, 1.54) is 18.3 Å². The van der Waals surface area contributed by atoms with Crippen LogP contribution in [0, 0.1) is 12.7 Å². The van der Waals surface area contributed by atoms with Gasteiger partial charge in [0.25, 0.3) is 5.91 Å². The van der Waals surface area contributed by atoms with E-state index < -0.39 is 5.91 Å². The average Bonchev–Trinajstić information content (AvgIpc) is 3.31. The molecule has 4 aromatic rings. The van der Waals surface area contributed by atoms with Crippen LogP contribution in [0.5, 0.6) is 5.75 Å². The highest BCUT2D eigenvalue weighted by Gasteiger charge is 2.14. The lowest BCUT2D eigenvalue weighted by Gasteiger charge is -2.09. The summed E-state index contributed by atoms with van der Waals surface area (Å²) < 4.78 is 18.9. The summed E-state index contributed by atoms with van der Waals surface area (Å²) in [5.41, 5.74) is 5.14. The first kappa shape index (κ1) is 25.9. The minimum Gasteiger partial charge on any atom is -0.488 e. The van der Waals surface area contributed by atoms with Crippen molar-refractivity contribution in [3.05, 3.63) is 105 Å². The number of nitrogens with one attached hydrogen (secondary N) is 2. The molecule has 2 N–H and O–H groups in total. The van der Waals surface area contributed by atoms with Gasteiger partial charge in [-0.1, -0.05) is 53.3 Å². The van der Waals surface area contributed by atoms with Crippen molar-refractivity contribution in [2.45, 2.75) is 20.0 Å². The molecule has 0 aliphatic rings. The van der Waals surface area contributed by atoms with Crippen LogP contribution < -0.4 is 15.5 Å². The van der Waals surface area contributed by atoms with Crippen molar-refractivity contribution in [1.82, 2.24) is 15.6 Å². The van der Waals surface area contributed by atoms with Crippen LogP contribution in [-0.2, 0) is 17.8 Å². The molecular weight excluding hydrogens is 517 g/mol. The van der Waals surface area contributed by atoms with Gasteiger partial charge in [-0.15, -0.1) is 10.2 Å². The van der Waals surface area contributed by atoms with Crippen molar-refractivity contribution in [3.8, 4) is 5.75 Å². The molecule has 8 nitrogen and oxygen atoms in total. The van der Waals surface area contributed by atoms with Gasteiger partial charge in [0.05, 0.1) is 12.6 Å². The van der Waals surface area contributed by atoms with Crippen LogP contribution in [0.25, 0.3) is 0 Å². The fourth-order valence-corrected chi connectivity index (χ4v) is 4.13. The number of anilines is 1. The van der Waals surface area contributed by atoms with E-state index in [-0.39, 0.29) is 24.8 Å². The molecule has 0 atom stereocenters. The van der Waals surface area contributed by atoms with Gasteiger partial charge in [0.1, 0.15) is 23.2 Å². The average molecular weight is 538 g/mol. The number of amides is 2. The molecule has 0 fully saturated rings. The number of carbonyl (C=O) groups is 2. The maximum absolute atomic E-state index is 13.1. The van der Waals surface area contributed by atoms with E-state index >= 15 is 0 Å². The monoisotopic (exact) mass is 537 g/mol. The van der Waals surface area contributed by atoms with Gasteiger partial charge in [-0.2, -0.15) is 5.10 Å². The number of aromatic nitrogens is 2. The zero-order chi connectivity index (χ0) is 26.2. The topological polar surface area (TPSA) is 106 Å². The van der Waals surface area contributed by atoms with Crippen LogP contribution in [0.4, 0.5) is 9.52 Å². The number of halogens is 2. The van der Waals surface area contributed by atoms with Crippen molar-refractivity contribution >= 4 is 46.1 Å². The number of hydrogen-bond donors (Lipinski definition) is 2. The number of hydrogen-bond acceptors (Lipinski definition) is 7. The standard InChI is InChI=1S/C26H21ClFN5O3S/c1-16-4-2-3-5-21(16)25(35)30-26-33-32-24(37-26)13-23(34)31-29-14-18-12-19(27)8-11-22(18)36-15-17-6-9-20(28)10-7-17/h2-12,14H,13,15H2,1H3,(H,31,34)(H,30,33,35). The van der Waals surface area contributed by atoms with E-state index in [1.54, 1.807) is 42.5 Å². The minimum absolute atomic E-state index is 0.0707. The molecule has 0 spiro atoms. The van der Waals surface area contributed by atoms with Crippen LogP contribution in [0.3, 0.4) is 0 Å². The molecule has 188 valence electrons. The Bertz CT molecular complexity index is 1440. The van der Waals surface area contributed by atoms with E-state index in [0.717, 1.165) is 22.5 Å². The van der Waals surface area contributed by atoms with Crippen molar-refractivity contribution in [2.75, 3.05) is 5.32 Å². The molecule has 1 heterocycles. The van der Waals surface area contributed by atoms with Gasteiger partial charge in [-0.05, 0) is 54.4 Å². The maximum Gasteiger partial charge on any atom is 0.257 e. The molecule has 4 rings (SSSR count). The van der Waals surface area contributed by atoms with Gasteiger partial charge in [0, 0.05) is 16.1 Å². The second-order valence-electron chi connectivity index (χ2n) is 7.84. The first-order valence-electron chi connectivity index (χ1n) is 11.1. The summed E-state index contributed by atoms with van der Waals surface area (Å²) in [7, 11) is 0. The second-order valence-corrected chi connectivity index (χ2v) is 9.34. The molecule has 0 saturated heterocycles. The summed E-state index contributed by atoms with van der Waals surface area (Å²) >= 11 is 7.20. The number of benzene rings is 3. The van der Waals surface area contributed by atoms with Gasteiger partial charge in [-0.3, -0.25) is 14.9 Å². The Kier molecular flexibility index (Phi) is 8.55. The van der Waals surface area contributed by atoms with Crippen LogP contribution in [0.15, 0.2) is 71.8 Å². The summed E-state index contributed by atoms with van der Waals surface area (Å²) in [5, 5.41) is 15.7. The lowest BCUT2D eigenvalue weighted by atomic mass is 10.1. The van der Waals surface area contributed by atoms with Crippen LogP contribution >= 0.6 is 22.9 Å². The molecule has 0 saturated carbocycles. The summed E-state index contributed by atoms with van der Waals surface area (Å²) in [6.07, 6.45) is 1.34. The third kappa shape index (κ3) is 7.42. The van der Waals surface area contributed by atoms with E-state index in [9.17, 15) is 14.0 Å².